The van der Waals surface area contributed by atoms with Gasteiger partial charge in [0.15, 0.2) is 0 Å². The molecule has 0 aromatic heterocycles. The first-order valence-electron chi connectivity index (χ1n) is 10.4. The molecule has 0 heterocycles. The summed E-state index contributed by atoms with van der Waals surface area (Å²) in [6.45, 7) is 4.99. The van der Waals surface area contributed by atoms with Gasteiger partial charge in [0, 0.05) is 12.8 Å². The highest BCUT2D eigenvalue weighted by atomic mass is 16.5. The molecule has 2 unspecified atom stereocenters. The molecule has 1 saturated carbocycles. The lowest BCUT2D eigenvalue weighted by Gasteiger charge is -2.23. The van der Waals surface area contributed by atoms with Gasteiger partial charge in [-0.1, -0.05) is 56.7 Å². The molecule has 0 saturated heterocycles. The van der Waals surface area contributed by atoms with Crippen molar-refractivity contribution in [3.05, 3.63) is 54.1 Å². The van der Waals surface area contributed by atoms with E-state index >= 15 is 0 Å². The first-order chi connectivity index (χ1) is 13.6. The van der Waals surface area contributed by atoms with Crippen molar-refractivity contribution in [3.63, 3.8) is 0 Å². The molecular weight excluding hydrogens is 348 g/mol. The molecule has 0 bridgehead atoms. The minimum atomic E-state index is -0.392. The number of ketones is 2. The summed E-state index contributed by atoms with van der Waals surface area (Å²) in [5.74, 6) is 1.11. The molecule has 0 N–H and O–H groups in total. The second-order valence-electron chi connectivity index (χ2n) is 7.97. The summed E-state index contributed by atoms with van der Waals surface area (Å²) >= 11 is 0. The van der Waals surface area contributed by atoms with Gasteiger partial charge in [0.1, 0.15) is 17.3 Å². The predicted molar refractivity (Wildman–Crippen MR) is 113 cm³/mol. The van der Waals surface area contributed by atoms with Crippen molar-refractivity contribution in [2.75, 3.05) is 6.61 Å². The van der Waals surface area contributed by atoms with Gasteiger partial charge in [-0.15, -0.1) is 0 Å². The van der Waals surface area contributed by atoms with E-state index in [1.165, 1.54) is 0 Å². The first-order valence-corrected chi connectivity index (χ1v) is 10.4. The number of unbranched alkanes of at least 4 members (excludes halogenated alkanes) is 1. The van der Waals surface area contributed by atoms with Crippen LogP contribution in [0, 0.1) is 11.8 Å². The molecule has 2 aromatic carbocycles. The Morgan fingerprint density at radius 1 is 1.00 bits per heavy atom. The zero-order valence-electron chi connectivity index (χ0n) is 16.9. The number of carbonyl (C=O) groups excluding carboxylic acids is 2. The highest BCUT2D eigenvalue weighted by molar-refractivity contribution is 6.03. The lowest BCUT2D eigenvalue weighted by Crippen LogP contribution is -2.31. The number of benzene rings is 2. The minimum Gasteiger partial charge on any atom is -0.494 e. The van der Waals surface area contributed by atoms with Gasteiger partial charge in [0.05, 0.1) is 12.5 Å². The normalized spacial score (nSPS) is 19.4. The fourth-order valence-electron chi connectivity index (χ4n) is 3.76. The summed E-state index contributed by atoms with van der Waals surface area (Å²) in [4.78, 5) is 24.7. The van der Waals surface area contributed by atoms with Gasteiger partial charge < -0.3 is 4.74 Å². The Kier molecular flexibility index (Phi) is 7.02. The average molecular weight is 379 g/mol. The van der Waals surface area contributed by atoms with Crippen LogP contribution < -0.4 is 4.74 Å². The van der Waals surface area contributed by atoms with Crippen molar-refractivity contribution < 1.29 is 14.3 Å². The SMILES string of the molecule is CCCCOc1ccc(-c2ccc(CC(=O)C3CCC(C)CC3=O)cc2)cc1. The zero-order valence-corrected chi connectivity index (χ0v) is 16.9. The Labute approximate surface area is 168 Å². The fraction of sp³-hybridized carbons (Fsp3) is 0.440. The summed E-state index contributed by atoms with van der Waals surface area (Å²) in [6, 6.07) is 16.2. The van der Waals surface area contributed by atoms with Gasteiger partial charge >= 0.3 is 0 Å². The maximum absolute atomic E-state index is 12.6. The highest BCUT2D eigenvalue weighted by Crippen LogP contribution is 2.28. The van der Waals surface area contributed by atoms with Crippen LogP contribution in [0.15, 0.2) is 48.5 Å². The fourth-order valence-corrected chi connectivity index (χ4v) is 3.76. The van der Waals surface area contributed by atoms with E-state index in [1.807, 2.05) is 36.4 Å². The Bertz CT molecular complexity index is 790. The van der Waals surface area contributed by atoms with E-state index in [9.17, 15) is 9.59 Å². The Morgan fingerprint density at radius 2 is 1.64 bits per heavy atom. The monoisotopic (exact) mass is 378 g/mol. The second kappa shape index (κ2) is 9.68. The Morgan fingerprint density at radius 3 is 2.25 bits per heavy atom. The quantitative estimate of drug-likeness (QED) is 0.440. The Hall–Kier alpha value is -2.42. The van der Waals surface area contributed by atoms with Crippen LogP contribution in [0.5, 0.6) is 5.75 Å². The second-order valence-corrected chi connectivity index (χ2v) is 7.97. The molecule has 3 nitrogen and oxygen atoms in total. The summed E-state index contributed by atoms with van der Waals surface area (Å²) in [5.41, 5.74) is 3.20. The minimum absolute atomic E-state index is 0.0678. The third-order valence-corrected chi connectivity index (χ3v) is 5.56. The molecule has 148 valence electrons. The van der Waals surface area contributed by atoms with Crippen molar-refractivity contribution in [2.45, 2.75) is 52.4 Å². The molecule has 1 fully saturated rings. The molecule has 28 heavy (non-hydrogen) atoms. The molecule has 3 rings (SSSR count). The molecule has 3 heteroatoms. The summed E-state index contributed by atoms with van der Waals surface area (Å²) in [5, 5.41) is 0. The number of rotatable bonds is 8. The standard InChI is InChI=1S/C25H30O3/c1-3-4-15-28-22-12-10-21(11-13-22)20-8-6-19(7-9-20)17-25(27)23-14-5-18(2)16-24(23)26/h6-13,18,23H,3-5,14-17H2,1-2H3. The lowest BCUT2D eigenvalue weighted by molar-refractivity contribution is -0.134. The maximum Gasteiger partial charge on any atom is 0.147 e. The van der Waals surface area contributed by atoms with E-state index in [0.717, 1.165) is 48.3 Å². The van der Waals surface area contributed by atoms with Crippen molar-refractivity contribution in [3.8, 4) is 16.9 Å². The molecule has 0 amide bonds. The number of carbonyl (C=O) groups is 2. The van der Waals surface area contributed by atoms with E-state index in [-0.39, 0.29) is 11.6 Å². The third kappa shape index (κ3) is 5.31. The summed E-state index contributed by atoms with van der Waals surface area (Å²) in [7, 11) is 0. The van der Waals surface area contributed by atoms with Crippen LogP contribution in [0.4, 0.5) is 0 Å². The van der Waals surface area contributed by atoms with Crippen LogP contribution in [-0.4, -0.2) is 18.2 Å². The number of ether oxygens (including phenoxy) is 1. The van der Waals surface area contributed by atoms with Crippen molar-refractivity contribution in [1.29, 1.82) is 0 Å². The molecule has 2 aromatic rings. The van der Waals surface area contributed by atoms with E-state index in [0.29, 0.717) is 25.2 Å². The van der Waals surface area contributed by atoms with Gasteiger partial charge in [-0.3, -0.25) is 9.59 Å². The van der Waals surface area contributed by atoms with Crippen LogP contribution in [0.1, 0.15) is 51.5 Å². The number of hydrogen-bond donors (Lipinski definition) is 0. The molecule has 1 aliphatic rings. The van der Waals surface area contributed by atoms with E-state index in [1.54, 1.807) is 0 Å². The van der Waals surface area contributed by atoms with Gasteiger partial charge in [0.2, 0.25) is 0 Å². The van der Waals surface area contributed by atoms with E-state index in [2.05, 4.69) is 26.0 Å². The van der Waals surface area contributed by atoms with Crippen LogP contribution in [0.2, 0.25) is 0 Å². The number of Topliss-reactive ketones (excluding diaryl/α,β-unsaturated/α-hetero) is 2. The molecular formula is C25H30O3. The van der Waals surface area contributed by atoms with Crippen molar-refractivity contribution >= 4 is 11.6 Å². The predicted octanol–water partition coefficient (Wildman–Crippen LogP) is 5.65. The largest absolute Gasteiger partial charge is 0.494 e. The average Bonchev–Trinajstić information content (AvgIpc) is 2.69. The smallest absolute Gasteiger partial charge is 0.147 e. The van der Waals surface area contributed by atoms with Gasteiger partial charge in [-0.05, 0) is 54.0 Å². The Balaban J connectivity index is 1.59. The lowest BCUT2D eigenvalue weighted by atomic mass is 9.78. The van der Waals surface area contributed by atoms with Gasteiger partial charge in [0.25, 0.3) is 0 Å². The summed E-state index contributed by atoms with van der Waals surface area (Å²) in [6.07, 6.45) is 4.76. The molecule has 0 aliphatic heterocycles. The van der Waals surface area contributed by atoms with Crippen LogP contribution in [0.3, 0.4) is 0 Å². The van der Waals surface area contributed by atoms with Crippen LogP contribution in [0.25, 0.3) is 11.1 Å². The maximum atomic E-state index is 12.6. The van der Waals surface area contributed by atoms with Crippen LogP contribution >= 0.6 is 0 Å². The van der Waals surface area contributed by atoms with E-state index < -0.39 is 5.92 Å². The van der Waals surface area contributed by atoms with E-state index in [4.69, 9.17) is 4.74 Å². The van der Waals surface area contributed by atoms with Gasteiger partial charge in [-0.2, -0.15) is 0 Å². The first kappa shape index (κ1) is 20.3. The third-order valence-electron chi connectivity index (χ3n) is 5.56. The molecule has 2 atom stereocenters. The molecule has 0 spiro atoms. The van der Waals surface area contributed by atoms with Crippen LogP contribution in [-0.2, 0) is 16.0 Å². The van der Waals surface area contributed by atoms with Crippen molar-refractivity contribution in [2.24, 2.45) is 11.8 Å². The highest BCUT2D eigenvalue weighted by Gasteiger charge is 2.31. The summed E-state index contributed by atoms with van der Waals surface area (Å²) < 4.78 is 5.71. The van der Waals surface area contributed by atoms with Crippen molar-refractivity contribution in [1.82, 2.24) is 0 Å². The topological polar surface area (TPSA) is 43.4 Å². The molecule has 0 radical (unpaired) electrons. The van der Waals surface area contributed by atoms with Gasteiger partial charge in [-0.25, -0.2) is 0 Å². The molecule has 1 aliphatic carbocycles. The number of hydrogen-bond acceptors (Lipinski definition) is 3. The zero-order chi connectivity index (χ0) is 19.9.